The zero-order valence-corrected chi connectivity index (χ0v) is 19.9. The van der Waals surface area contributed by atoms with Crippen LogP contribution in [0.25, 0.3) is 0 Å². The third kappa shape index (κ3) is 9.07. The molecule has 1 heterocycles. The highest BCUT2D eigenvalue weighted by Crippen LogP contribution is 2.18. The van der Waals surface area contributed by atoms with E-state index in [2.05, 4.69) is 20.6 Å². The quantitative estimate of drug-likeness (QED) is 0.355. The number of carbonyl (C=O) groups is 1. The van der Waals surface area contributed by atoms with Crippen molar-refractivity contribution in [2.75, 3.05) is 20.6 Å². The molecule has 0 unspecified atom stereocenters. The van der Waals surface area contributed by atoms with Gasteiger partial charge < -0.3 is 20.3 Å². The molecular weight excluding hydrogens is 469 g/mol. The van der Waals surface area contributed by atoms with Crippen molar-refractivity contribution in [2.45, 2.75) is 64.6 Å². The first-order valence-electron chi connectivity index (χ1n) is 9.62. The lowest BCUT2D eigenvalue weighted by atomic mass is 10.2. The van der Waals surface area contributed by atoms with Gasteiger partial charge in [0.15, 0.2) is 5.96 Å². The summed E-state index contributed by atoms with van der Waals surface area (Å²) in [5, 5.41) is 6.59. The fourth-order valence-corrected chi connectivity index (χ4v) is 2.78. The Morgan fingerprint density at radius 3 is 2.50 bits per heavy atom. The van der Waals surface area contributed by atoms with E-state index in [-0.39, 0.29) is 42.0 Å². The summed E-state index contributed by atoms with van der Waals surface area (Å²) in [4.78, 5) is 22.4. The topological polar surface area (TPSA) is 78.9 Å². The number of halogens is 1. The summed E-state index contributed by atoms with van der Waals surface area (Å²) in [5.41, 5.74) is 0.719. The molecule has 0 bridgehead atoms. The molecule has 7 nitrogen and oxygen atoms in total. The van der Waals surface area contributed by atoms with Gasteiger partial charge in [-0.2, -0.15) is 0 Å². The van der Waals surface area contributed by atoms with E-state index in [9.17, 15) is 4.79 Å². The van der Waals surface area contributed by atoms with Crippen molar-refractivity contribution in [1.82, 2.24) is 20.5 Å². The van der Waals surface area contributed by atoms with Gasteiger partial charge in [0.2, 0.25) is 11.8 Å². The molecule has 158 valence electrons. The lowest BCUT2D eigenvalue weighted by Crippen LogP contribution is -2.46. The second-order valence-corrected chi connectivity index (χ2v) is 8.15. The highest BCUT2D eigenvalue weighted by Gasteiger charge is 2.17. The van der Waals surface area contributed by atoms with E-state index < -0.39 is 0 Å². The van der Waals surface area contributed by atoms with Crippen molar-refractivity contribution < 1.29 is 9.53 Å². The Hall–Kier alpha value is -1.58. The van der Waals surface area contributed by atoms with Gasteiger partial charge in [-0.05, 0) is 39.2 Å². The number of hydrogen-bond donors (Lipinski definition) is 2. The Morgan fingerprint density at radius 2 is 1.96 bits per heavy atom. The van der Waals surface area contributed by atoms with Crippen LogP contribution in [0.2, 0.25) is 0 Å². The number of amides is 1. The molecule has 0 radical (unpaired) electrons. The second-order valence-electron chi connectivity index (χ2n) is 8.15. The molecule has 1 amide bonds. The zero-order valence-electron chi connectivity index (χ0n) is 17.6. The largest absolute Gasteiger partial charge is 0.472 e. The van der Waals surface area contributed by atoms with E-state index in [1.54, 1.807) is 25.2 Å². The number of pyridine rings is 1. The predicted octanol–water partition coefficient (Wildman–Crippen LogP) is 2.94. The molecule has 0 spiro atoms. The number of likely N-dealkylation sites (N-methyl/N-ethyl adjacent to an activating group) is 1. The lowest BCUT2D eigenvalue weighted by Gasteiger charge is -2.20. The molecule has 0 aliphatic heterocycles. The van der Waals surface area contributed by atoms with Crippen LogP contribution in [0.1, 0.15) is 52.0 Å². The Bertz CT molecular complexity index is 635. The van der Waals surface area contributed by atoms with Gasteiger partial charge in [0.1, 0.15) is 5.60 Å². The maximum absolute atomic E-state index is 11.9. The fraction of sp³-hybridized carbons (Fsp3) is 0.650. The summed E-state index contributed by atoms with van der Waals surface area (Å²) in [6.07, 6.45) is 6.54. The maximum Gasteiger partial charge on any atom is 0.241 e. The molecule has 0 saturated heterocycles. The number of nitrogens with zero attached hydrogens (tertiary/aromatic N) is 3. The molecular formula is C20H34IN5O2. The van der Waals surface area contributed by atoms with Gasteiger partial charge >= 0.3 is 0 Å². The summed E-state index contributed by atoms with van der Waals surface area (Å²) in [6, 6.07) is 4.25. The summed E-state index contributed by atoms with van der Waals surface area (Å²) in [5.74, 6) is 1.29. The third-order valence-corrected chi connectivity index (χ3v) is 4.23. The predicted molar refractivity (Wildman–Crippen MR) is 123 cm³/mol. The monoisotopic (exact) mass is 503 g/mol. The van der Waals surface area contributed by atoms with Crippen LogP contribution in [0.15, 0.2) is 23.3 Å². The first-order chi connectivity index (χ1) is 12.7. The Morgan fingerprint density at radius 1 is 1.29 bits per heavy atom. The molecule has 1 fully saturated rings. The number of ether oxygens (including phenoxy) is 1. The van der Waals surface area contributed by atoms with E-state index >= 15 is 0 Å². The molecule has 1 aliphatic rings. The highest BCUT2D eigenvalue weighted by atomic mass is 127. The Kier molecular flexibility index (Phi) is 9.98. The number of hydrogen-bond acceptors (Lipinski definition) is 4. The van der Waals surface area contributed by atoms with E-state index in [1.807, 2.05) is 32.9 Å². The van der Waals surface area contributed by atoms with Crippen LogP contribution in [0.4, 0.5) is 0 Å². The van der Waals surface area contributed by atoms with Crippen molar-refractivity contribution in [1.29, 1.82) is 0 Å². The number of rotatable bonds is 6. The van der Waals surface area contributed by atoms with E-state index in [4.69, 9.17) is 4.74 Å². The van der Waals surface area contributed by atoms with Crippen LogP contribution in [0.5, 0.6) is 5.88 Å². The van der Waals surface area contributed by atoms with Gasteiger partial charge in [-0.25, -0.2) is 9.98 Å². The minimum atomic E-state index is -0.270. The molecule has 1 aromatic rings. The summed E-state index contributed by atoms with van der Waals surface area (Å²) >= 11 is 0. The van der Waals surface area contributed by atoms with Gasteiger partial charge in [0, 0.05) is 32.4 Å². The van der Waals surface area contributed by atoms with Gasteiger partial charge in [0.05, 0.1) is 13.1 Å². The molecule has 2 N–H and O–H groups in total. The number of aliphatic imine (C=N–C) groups is 1. The molecule has 8 heteroatoms. The van der Waals surface area contributed by atoms with Gasteiger partial charge in [0.25, 0.3) is 0 Å². The summed E-state index contributed by atoms with van der Waals surface area (Å²) in [7, 11) is 3.50. The second kappa shape index (κ2) is 11.4. The minimum Gasteiger partial charge on any atom is -0.472 e. The van der Waals surface area contributed by atoms with E-state index in [0.717, 1.165) is 18.4 Å². The zero-order chi connectivity index (χ0) is 19.9. The molecule has 0 aromatic carbocycles. The van der Waals surface area contributed by atoms with Crippen molar-refractivity contribution >= 4 is 35.8 Å². The molecule has 2 rings (SSSR count). The average molecular weight is 503 g/mol. The maximum atomic E-state index is 11.9. The van der Waals surface area contributed by atoms with Crippen LogP contribution >= 0.6 is 24.0 Å². The van der Waals surface area contributed by atoms with Crippen LogP contribution in [-0.4, -0.2) is 54.0 Å². The minimum absolute atomic E-state index is 0. The first-order valence-corrected chi connectivity index (χ1v) is 9.62. The normalized spacial score (nSPS) is 15.0. The molecule has 1 aromatic heterocycles. The molecule has 1 saturated carbocycles. The van der Waals surface area contributed by atoms with E-state index in [1.165, 1.54) is 12.8 Å². The number of aromatic nitrogens is 1. The number of guanidine groups is 1. The van der Waals surface area contributed by atoms with Crippen molar-refractivity contribution in [2.24, 2.45) is 4.99 Å². The van der Waals surface area contributed by atoms with E-state index in [0.29, 0.717) is 24.4 Å². The third-order valence-electron chi connectivity index (χ3n) is 4.23. The Balaban J connectivity index is 0.00000392. The highest BCUT2D eigenvalue weighted by molar-refractivity contribution is 14.0. The molecule has 28 heavy (non-hydrogen) atoms. The SMILES string of the molecule is CN(C)C(=O)CNC(=NCc1ccc(OC(C)(C)C)nc1)NC1CCCC1.I. The van der Waals surface area contributed by atoms with Gasteiger partial charge in [-0.1, -0.05) is 18.9 Å². The number of nitrogens with one attached hydrogen (secondary N) is 2. The van der Waals surface area contributed by atoms with Crippen LogP contribution in [-0.2, 0) is 11.3 Å². The lowest BCUT2D eigenvalue weighted by molar-refractivity contribution is -0.127. The fourth-order valence-electron chi connectivity index (χ4n) is 2.78. The summed E-state index contributed by atoms with van der Waals surface area (Å²) in [6.45, 7) is 6.70. The molecule has 0 atom stereocenters. The van der Waals surface area contributed by atoms with Gasteiger partial charge in [-0.3, -0.25) is 4.79 Å². The van der Waals surface area contributed by atoms with Crippen LogP contribution in [0, 0.1) is 0 Å². The van der Waals surface area contributed by atoms with Crippen molar-refractivity contribution in [3.63, 3.8) is 0 Å². The first kappa shape index (κ1) is 24.5. The van der Waals surface area contributed by atoms with Crippen LogP contribution in [0.3, 0.4) is 0 Å². The Labute approximate surface area is 185 Å². The van der Waals surface area contributed by atoms with Crippen LogP contribution < -0.4 is 15.4 Å². The van der Waals surface area contributed by atoms with Gasteiger partial charge in [-0.15, -0.1) is 24.0 Å². The van der Waals surface area contributed by atoms with Crippen molar-refractivity contribution in [3.05, 3.63) is 23.9 Å². The average Bonchev–Trinajstić information content (AvgIpc) is 3.09. The van der Waals surface area contributed by atoms with Crippen molar-refractivity contribution in [3.8, 4) is 5.88 Å². The smallest absolute Gasteiger partial charge is 0.241 e. The molecule has 1 aliphatic carbocycles. The standard InChI is InChI=1S/C20H33N5O2.HI/c1-20(2,3)27-17-11-10-15(12-21-17)13-22-19(23-14-18(26)25(4)5)24-16-8-6-7-9-16;/h10-12,16H,6-9,13-14H2,1-5H3,(H2,22,23,24);1H. The summed E-state index contributed by atoms with van der Waals surface area (Å²) < 4.78 is 5.74. The number of carbonyl (C=O) groups excluding carboxylic acids is 1.